The summed E-state index contributed by atoms with van der Waals surface area (Å²) in [5.74, 6) is 0.236. The van der Waals surface area contributed by atoms with E-state index in [2.05, 4.69) is 40.1 Å². The van der Waals surface area contributed by atoms with Gasteiger partial charge in [0, 0.05) is 38.8 Å². The van der Waals surface area contributed by atoms with Crippen LogP contribution in [-0.2, 0) is 13.6 Å². The van der Waals surface area contributed by atoms with Gasteiger partial charge in [-0.1, -0.05) is 0 Å². The first kappa shape index (κ1) is 17.5. The molecule has 1 atom stereocenters. The number of piperidine rings is 1. The molecule has 1 aliphatic rings. The van der Waals surface area contributed by atoms with Crippen LogP contribution in [-0.4, -0.2) is 62.6 Å². The molecule has 0 aliphatic carbocycles. The van der Waals surface area contributed by atoms with Crippen LogP contribution in [0.3, 0.4) is 0 Å². The van der Waals surface area contributed by atoms with Gasteiger partial charge in [-0.25, -0.2) is 4.98 Å². The molecule has 1 aliphatic heterocycles. The van der Waals surface area contributed by atoms with E-state index >= 15 is 0 Å². The monoisotopic (exact) mass is 342 g/mol. The fourth-order valence-electron chi connectivity index (χ4n) is 3.27. The third-order valence-electron chi connectivity index (χ3n) is 4.60. The molecule has 0 bridgehead atoms. The van der Waals surface area contributed by atoms with Gasteiger partial charge in [0.2, 0.25) is 0 Å². The summed E-state index contributed by atoms with van der Waals surface area (Å²) in [5.41, 5.74) is 3.50. The van der Waals surface area contributed by atoms with Crippen LogP contribution in [0.4, 0.5) is 0 Å². The third kappa shape index (κ3) is 4.04. The topological polar surface area (TPSA) is 67.2 Å². The number of hydrogen-bond acceptors (Lipinski definition) is 5. The summed E-state index contributed by atoms with van der Waals surface area (Å²) in [6.07, 6.45) is 5.25. The van der Waals surface area contributed by atoms with Gasteiger partial charge in [-0.15, -0.1) is 0 Å². The van der Waals surface area contributed by atoms with E-state index in [1.54, 1.807) is 12.4 Å². The SMILES string of the molecule is Cc1cnc(C(=O)N2CCC[C@H](c3cc(CN(C)C)n(C)n3)C2)cn1. The Hall–Kier alpha value is -2.28. The summed E-state index contributed by atoms with van der Waals surface area (Å²) in [5, 5.41) is 4.69. The van der Waals surface area contributed by atoms with Crippen LogP contribution in [0.25, 0.3) is 0 Å². The standard InChI is InChI=1S/C18H26N6O/c1-13-9-20-17(10-19-13)18(25)24-7-5-6-14(11-24)16-8-15(12-22(2)3)23(4)21-16/h8-10,14H,5-7,11-12H2,1-4H3/t14-/m0/s1. The maximum Gasteiger partial charge on any atom is 0.274 e. The van der Waals surface area contributed by atoms with Gasteiger partial charge < -0.3 is 9.80 Å². The molecular formula is C18H26N6O. The van der Waals surface area contributed by atoms with E-state index in [0.29, 0.717) is 12.2 Å². The smallest absolute Gasteiger partial charge is 0.274 e. The molecule has 7 heteroatoms. The normalized spacial score (nSPS) is 18.0. The fourth-order valence-corrected chi connectivity index (χ4v) is 3.27. The Bertz CT molecular complexity index is 737. The molecule has 0 aromatic carbocycles. The van der Waals surface area contributed by atoms with Crippen molar-refractivity contribution in [3.05, 3.63) is 41.2 Å². The molecular weight excluding hydrogens is 316 g/mol. The molecule has 1 amide bonds. The van der Waals surface area contributed by atoms with Crippen LogP contribution in [0.15, 0.2) is 18.5 Å². The second-order valence-corrected chi connectivity index (χ2v) is 7.06. The molecule has 0 saturated carbocycles. The second-order valence-electron chi connectivity index (χ2n) is 7.06. The molecule has 2 aromatic heterocycles. The number of likely N-dealkylation sites (tertiary alicyclic amines) is 1. The highest BCUT2D eigenvalue weighted by atomic mass is 16.2. The number of carbonyl (C=O) groups excluding carboxylic acids is 1. The quantitative estimate of drug-likeness (QED) is 0.844. The predicted octanol–water partition coefficient (Wildman–Crippen LogP) is 1.60. The molecule has 1 saturated heterocycles. The highest BCUT2D eigenvalue weighted by Crippen LogP contribution is 2.27. The molecule has 3 heterocycles. The van der Waals surface area contributed by atoms with Gasteiger partial charge in [-0.3, -0.25) is 14.5 Å². The zero-order valence-electron chi connectivity index (χ0n) is 15.4. The first-order valence-corrected chi connectivity index (χ1v) is 8.69. The summed E-state index contributed by atoms with van der Waals surface area (Å²) >= 11 is 0. The minimum Gasteiger partial charge on any atom is -0.337 e. The molecule has 134 valence electrons. The Morgan fingerprint density at radius 3 is 2.80 bits per heavy atom. The van der Waals surface area contributed by atoms with Crippen LogP contribution < -0.4 is 0 Å². The highest BCUT2D eigenvalue weighted by Gasteiger charge is 2.28. The minimum atomic E-state index is -0.0401. The molecule has 0 unspecified atom stereocenters. The van der Waals surface area contributed by atoms with Crippen LogP contribution in [0.5, 0.6) is 0 Å². The molecule has 7 nitrogen and oxygen atoms in total. The molecule has 2 aromatic rings. The number of hydrogen-bond donors (Lipinski definition) is 0. The van der Waals surface area contributed by atoms with E-state index in [1.165, 1.54) is 5.69 Å². The first-order valence-electron chi connectivity index (χ1n) is 8.69. The van der Waals surface area contributed by atoms with Crippen LogP contribution in [0.2, 0.25) is 0 Å². The number of carbonyl (C=O) groups is 1. The molecule has 3 rings (SSSR count). The largest absolute Gasteiger partial charge is 0.337 e. The lowest BCUT2D eigenvalue weighted by atomic mass is 9.94. The van der Waals surface area contributed by atoms with Gasteiger partial charge >= 0.3 is 0 Å². The molecule has 1 fully saturated rings. The summed E-state index contributed by atoms with van der Waals surface area (Å²) in [6, 6.07) is 2.17. The van der Waals surface area contributed by atoms with Gasteiger partial charge in [0.1, 0.15) is 5.69 Å². The Balaban J connectivity index is 1.72. The Morgan fingerprint density at radius 2 is 2.12 bits per heavy atom. The second kappa shape index (κ2) is 7.31. The Morgan fingerprint density at radius 1 is 1.32 bits per heavy atom. The summed E-state index contributed by atoms with van der Waals surface area (Å²) in [4.78, 5) is 25.1. The average Bonchev–Trinajstić information content (AvgIpc) is 2.95. The molecule has 25 heavy (non-hydrogen) atoms. The fraction of sp³-hybridized carbons (Fsp3) is 0.556. The lowest BCUT2D eigenvalue weighted by Gasteiger charge is -2.31. The first-order chi connectivity index (χ1) is 11.9. The number of aryl methyl sites for hydroxylation is 2. The summed E-state index contributed by atoms with van der Waals surface area (Å²) in [6.45, 7) is 4.18. The van der Waals surface area contributed by atoms with Gasteiger partial charge in [0.05, 0.1) is 23.3 Å². The van der Waals surface area contributed by atoms with E-state index in [9.17, 15) is 4.79 Å². The van der Waals surface area contributed by atoms with E-state index in [1.807, 2.05) is 23.6 Å². The maximum atomic E-state index is 12.7. The summed E-state index contributed by atoms with van der Waals surface area (Å²) in [7, 11) is 6.09. The number of nitrogens with zero attached hydrogens (tertiary/aromatic N) is 6. The molecule has 0 N–H and O–H groups in total. The zero-order valence-corrected chi connectivity index (χ0v) is 15.4. The van der Waals surface area contributed by atoms with Crippen molar-refractivity contribution in [3.8, 4) is 0 Å². The number of rotatable bonds is 4. The van der Waals surface area contributed by atoms with Crippen molar-refractivity contribution in [3.63, 3.8) is 0 Å². The van der Waals surface area contributed by atoms with Gasteiger partial charge in [0.15, 0.2) is 0 Å². The third-order valence-corrected chi connectivity index (χ3v) is 4.60. The predicted molar refractivity (Wildman–Crippen MR) is 95.2 cm³/mol. The van der Waals surface area contributed by atoms with Crippen LogP contribution >= 0.6 is 0 Å². The molecule has 0 spiro atoms. The van der Waals surface area contributed by atoms with Crippen molar-refractivity contribution in [2.24, 2.45) is 7.05 Å². The van der Waals surface area contributed by atoms with Crippen molar-refractivity contribution < 1.29 is 4.79 Å². The van der Waals surface area contributed by atoms with Gasteiger partial charge in [0.25, 0.3) is 5.91 Å². The number of aromatic nitrogens is 4. The average molecular weight is 342 g/mol. The maximum absolute atomic E-state index is 12.7. The molecule has 0 radical (unpaired) electrons. The summed E-state index contributed by atoms with van der Waals surface area (Å²) < 4.78 is 1.95. The highest BCUT2D eigenvalue weighted by molar-refractivity contribution is 5.92. The minimum absolute atomic E-state index is 0.0401. The lowest BCUT2D eigenvalue weighted by molar-refractivity contribution is 0.0699. The van der Waals surface area contributed by atoms with Crippen LogP contribution in [0, 0.1) is 6.92 Å². The van der Waals surface area contributed by atoms with Crippen molar-refractivity contribution in [1.82, 2.24) is 29.5 Å². The van der Waals surface area contributed by atoms with Crippen molar-refractivity contribution in [2.75, 3.05) is 27.2 Å². The van der Waals surface area contributed by atoms with E-state index < -0.39 is 0 Å². The number of amides is 1. The zero-order chi connectivity index (χ0) is 18.0. The van der Waals surface area contributed by atoms with Gasteiger partial charge in [-0.2, -0.15) is 5.10 Å². The van der Waals surface area contributed by atoms with E-state index in [-0.39, 0.29) is 11.8 Å². The van der Waals surface area contributed by atoms with E-state index in [4.69, 9.17) is 0 Å². The van der Waals surface area contributed by atoms with Crippen molar-refractivity contribution in [2.45, 2.75) is 32.2 Å². The lowest BCUT2D eigenvalue weighted by Crippen LogP contribution is -2.39. The van der Waals surface area contributed by atoms with Gasteiger partial charge in [-0.05, 0) is 39.9 Å². The van der Waals surface area contributed by atoms with Crippen molar-refractivity contribution in [1.29, 1.82) is 0 Å². The Labute approximate surface area is 148 Å². The van der Waals surface area contributed by atoms with Crippen molar-refractivity contribution >= 4 is 5.91 Å². The van der Waals surface area contributed by atoms with Crippen LogP contribution in [0.1, 0.15) is 46.3 Å². The van der Waals surface area contributed by atoms with E-state index in [0.717, 1.165) is 37.3 Å². The Kier molecular flexibility index (Phi) is 5.13.